The molecule has 1 aliphatic rings. The first-order valence-corrected chi connectivity index (χ1v) is 7.91. The number of hydrogen-bond acceptors (Lipinski definition) is 0. The van der Waals surface area contributed by atoms with Crippen LogP contribution in [-0.2, 0) is 20.1 Å². The first-order chi connectivity index (χ1) is 11.9. The van der Waals surface area contributed by atoms with Crippen LogP contribution < -0.4 is 0 Å². The van der Waals surface area contributed by atoms with Crippen molar-refractivity contribution in [2.45, 2.75) is 41.5 Å². The Kier molecular flexibility index (Phi) is 15.8. The van der Waals surface area contributed by atoms with Crippen molar-refractivity contribution in [3.05, 3.63) is 64.1 Å². The molecule has 1 aliphatic carbocycles. The molecule has 0 nitrogen and oxygen atoms in total. The Morgan fingerprint density at radius 2 is 0.750 bits per heavy atom. The van der Waals surface area contributed by atoms with Gasteiger partial charge in [0, 0.05) is 26.0 Å². The minimum atomic E-state index is -6.00. The second-order valence-electron chi connectivity index (χ2n) is 5.77. The summed E-state index contributed by atoms with van der Waals surface area (Å²) in [5.41, 5.74) is 7.19. The summed E-state index contributed by atoms with van der Waals surface area (Å²) in [5.74, 6) is 1.47. The number of halogens is 8. The van der Waals surface area contributed by atoms with Crippen LogP contribution in [-0.4, -0.2) is 14.5 Å². The Morgan fingerprint density at radius 1 is 0.500 bits per heavy atom. The molecule has 0 N–H and O–H groups in total. The summed E-state index contributed by atoms with van der Waals surface area (Å²) in [5, 5.41) is 0. The molecule has 28 heavy (non-hydrogen) atoms. The monoisotopic (exact) mass is 594 g/mol. The number of hydrogen-bond donors (Lipinski definition) is 0. The van der Waals surface area contributed by atoms with Crippen molar-refractivity contribution in [1.82, 2.24) is 0 Å². The van der Waals surface area contributed by atoms with Crippen molar-refractivity contribution < 1.29 is 54.6 Å². The molecular weight excluding hydrogens is 570 g/mol. The molecule has 0 saturated heterocycles. The van der Waals surface area contributed by atoms with Gasteiger partial charge in [0.25, 0.3) is 0 Å². The first kappa shape index (κ1) is 31.6. The van der Waals surface area contributed by atoms with Crippen LogP contribution in [0.15, 0.2) is 52.6 Å². The van der Waals surface area contributed by atoms with Crippen molar-refractivity contribution in [1.29, 1.82) is 0 Å². The molecule has 11 heteroatoms. The van der Waals surface area contributed by atoms with E-state index >= 15 is 0 Å². The fraction of sp³-hybridized carbons (Fsp3) is 0.353. The predicted octanol–water partition coefficient (Wildman–Crippen LogP) is 7.86. The molecular formula is C17H23B2F8Ir-2. The predicted molar refractivity (Wildman–Crippen MR) is 97.2 cm³/mol. The van der Waals surface area contributed by atoms with E-state index in [-0.39, 0.29) is 20.1 Å². The second-order valence-corrected chi connectivity index (χ2v) is 5.77. The van der Waals surface area contributed by atoms with E-state index in [2.05, 4.69) is 53.7 Å². The van der Waals surface area contributed by atoms with Crippen molar-refractivity contribution in [2.75, 3.05) is 0 Å². The molecule has 0 atom stereocenters. The SMILES string of the molecule is C[C]1C(C)=C(C)C(C)=C1C.Cc1ccccc1.F[B-](F)(F)F.F[B-](F)(F)F.[Ir]. The Balaban J connectivity index is -0.000000309. The van der Waals surface area contributed by atoms with Gasteiger partial charge in [0.05, 0.1) is 0 Å². The number of rotatable bonds is 0. The number of allylic oxidation sites excluding steroid dienone is 4. The van der Waals surface area contributed by atoms with Gasteiger partial charge in [-0.05, 0) is 45.8 Å². The summed E-state index contributed by atoms with van der Waals surface area (Å²) in [6.07, 6.45) is 0. The summed E-state index contributed by atoms with van der Waals surface area (Å²) in [7, 11) is -12.0. The summed E-state index contributed by atoms with van der Waals surface area (Å²) < 4.78 is 78.0. The molecule has 164 valence electrons. The van der Waals surface area contributed by atoms with Gasteiger partial charge in [-0.25, -0.2) is 0 Å². The quantitative estimate of drug-likeness (QED) is 0.212. The Hall–Kier alpha value is -1.08. The number of aryl methyl sites for hydroxylation is 1. The number of benzene rings is 1. The molecule has 2 rings (SSSR count). The van der Waals surface area contributed by atoms with E-state index in [1.165, 1.54) is 33.8 Å². The van der Waals surface area contributed by atoms with E-state index in [4.69, 9.17) is 0 Å². The van der Waals surface area contributed by atoms with E-state index in [9.17, 15) is 34.5 Å². The summed E-state index contributed by atoms with van der Waals surface area (Å²) in [6.45, 7) is 13.1. The van der Waals surface area contributed by atoms with Crippen LogP contribution in [0.4, 0.5) is 34.5 Å². The normalized spacial score (nSPS) is 14.1. The minimum absolute atomic E-state index is 0. The molecule has 0 aromatic heterocycles. The van der Waals surface area contributed by atoms with Crippen LogP contribution in [0.3, 0.4) is 0 Å². The van der Waals surface area contributed by atoms with Crippen LogP contribution >= 0.6 is 0 Å². The average molecular weight is 593 g/mol. The van der Waals surface area contributed by atoms with Crippen molar-refractivity contribution in [3.63, 3.8) is 0 Å². The topological polar surface area (TPSA) is 0 Å². The van der Waals surface area contributed by atoms with Crippen LogP contribution in [0, 0.1) is 12.8 Å². The molecule has 0 aliphatic heterocycles. The molecule has 1 aromatic carbocycles. The van der Waals surface area contributed by atoms with Crippen molar-refractivity contribution >= 4 is 14.5 Å². The van der Waals surface area contributed by atoms with Gasteiger partial charge >= 0.3 is 14.5 Å². The summed E-state index contributed by atoms with van der Waals surface area (Å²) in [4.78, 5) is 0. The molecule has 1 aromatic rings. The second kappa shape index (κ2) is 14.0. The van der Waals surface area contributed by atoms with Gasteiger partial charge < -0.3 is 34.5 Å². The van der Waals surface area contributed by atoms with E-state index in [1.54, 1.807) is 0 Å². The van der Waals surface area contributed by atoms with Gasteiger partial charge in [-0.2, -0.15) is 0 Å². The minimum Gasteiger partial charge on any atom is -0.418 e. The van der Waals surface area contributed by atoms with Crippen LogP contribution in [0.25, 0.3) is 0 Å². The van der Waals surface area contributed by atoms with Gasteiger partial charge in [0.15, 0.2) is 0 Å². The first-order valence-electron chi connectivity index (χ1n) is 7.91. The van der Waals surface area contributed by atoms with Gasteiger partial charge in [-0.1, -0.05) is 54.0 Å². The summed E-state index contributed by atoms with van der Waals surface area (Å²) >= 11 is 0. The van der Waals surface area contributed by atoms with Gasteiger partial charge in [-0.15, -0.1) is 0 Å². The molecule has 0 fully saturated rings. The Morgan fingerprint density at radius 3 is 0.857 bits per heavy atom. The standard InChI is InChI=1S/C10H15.C7H8.2BF4.Ir/c1-6-7(2)9(4)10(5)8(6)3;1-7-5-3-2-4-6-7;2*2-1(3,4)5;/h1-5H3;2-6H,1H3;;;/q;;2*-1;. The van der Waals surface area contributed by atoms with Gasteiger partial charge in [0.1, 0.15) is 0 Å². The smallest absolute Gasteiger partial charge is 0.418 e. The molecule has 0 saturated carbocycles. The zero-order valence-electron chi connectivity index (χ0n) is 16.4. The fourth-order valence-electron chi connectivity index (χ4n) is 1.94. The Bertz CT molecular complexity index is 574. The van der Waals surface area contributed by atoms with E-state index in [0.717, 1.165) is 0 Å². The molecule has 0 amide bonds. The molecule has 2 radical (unpaired) electrons. The largest absolute Gasteiger partial charge is 0.673 e. The van der Waals surface area contributed by atoms with Gasteiger partial charge in [0.2, 0.25) is 0 Å². The third kappa shape index (κ3) is 19.7. The Labute approximate surface area is 175 Å². The van der Waals surface area contributed by atoms with Crippen LogP contribution in [0.1, 0.15) is 40.2 Å². The molecule has 0 unspecified atom stereocenters. The third-order valence-corrected chi connectivity index (χ3v) is 3.75. The van der Waals surface area contributed by atoms with Gasteiger partial charge in [-0.3, -0.25) is 0 Å². The average Bonchev–Trinajstić information content (AvgIpc) is 2.64. The van der Waals surface area contributed by atoms with Crippen molar-refractivity contribution in [2.24, 2.45) is 0 Å². The third-order valence-electron chi connectivity index (χ3n) is 3.75. The van der Waals surface area contributed by atoms with E-state index in [0.29, 0.717) is 0 Å². The molecule has 0 bridgehead atoms. The van der Waals surface area contributed by atoms with Crippen LogP contribution in [0.2, 0.25) is 0 Å². The zero-order valence-corrected chi connectivity index (χ0v) is 18.8. The van der Waals surface area contributed by atoms with E-state index in [1.807, 2.05) is 18.2 Å². The zero-order chi connectivity index (χ0) is 22.0. The maximum Gasteiger partial charge on any atom is 0.673 e. The molecule has 0 heterocycles. The van der Waals surface area contributed by atoms with Crippen molar-refractivity contribution in [3.8, 4) is 0 Å². The maximum atomic E-state index is 9.75. The van der Waals surface area contributed by atoms with Crippen LogP contribution in [0.5, 0.6) is 0 Å². The molecule has 0 spiro atoms. The van der Waals surface area contributed by atoms with E-state index < -0.39 is 14.5 Å². The fourth-order valence-corrected chi connectivity index (χ4v) is 1.94. The summed E-state index contributed by atoms with van der Waals surface area (Å²) in [6, 6.07) is 10.3. The maximum absolute atomic E-state index is 9.75.